The average Bonchev–Trinajstić information content (AvgIpc) is 2.45. The molecule has 0 bridgehead atoms. The summed E-state index contributed by atoms with van der Waals surface area (Å²) in [5.41, 5.74) is 0. The van der Waals surface area contributed by atoms with Crippen molar-refractivity contribution in [2.75, 3.05) is 0 Å². The Balaban J connectivity index is 2.61. The molecule has 3 nitrogen and oxygen atoms in total. The number of rotatable bonds is 3. The third-order valence-electron chi connectivity index (χ3n) is 2.40. The van der Waals surface area contributed by atoms with Gasteiger partial charge in [-0.1, -0.05) is 20.3 Å². The van der Waals surface area contributed by atoms with E-state index in [1.807, 2.05) is 0 Å². The molecule has 0 amide bonds. The molecule has 3 atom stereocenters. The van der Waals surface area contributed by atoms with Gasteiger partial charge < -0.3 is 9.90 Å². The second-order valence-electron chi connectivity index (χ2n) is 3.28. The molecule has 2 N–H and O–H groups in total. The molecule has 0 aromatic carbocycles. The number of aliphatic hydroxyl groups is 1. The van der Waals surface area contributed by atoms with Crippen molar-refractivity contribution in [2.24, 2.45) is 5.92 Å². The van der Waals surface area contributed by atoms with E-state index in [9.17, 15) is 9.90 Å². The van der Waals surface area contributed by atoms with E-state index in [0.29, 0.717) is 11.7 Å². The first-order valence-electron chi connectivity index (χ1n) is 4.31. The molecule has 0 aliphatic carbocycles. The Hall–Kier alpha value is -0.830. The van der Waals surface area contributed by atoms with Gasteiger partial charge in [0.1, 0.15) is 12.0 Å². The van der Waals surface area contributed by atoms with Crippen LogP contribution in [0.3, 0.4) is 0 Å². The van der Waals surface area contributed by atoms with E-state index in [1.54, 1.807) is 6.08 Å². The highest BCUT2D eigenvalue weighted by Crippen LogP contribution is 2.19. The summed E-state index contributed by atoms with van der Waals surface area (Å²) in [5, 5.41) is 12.5. The molecule has 1 aliphatic heterocycles. The maximum absolute atomic E-state index is 10.4. The lowest BCUT2D eigenvalue weighted by Crippen LogP contribution is -2.37. The zero-order chi connectivity index (χ0) is 9.14. The number of aldehydes is 1. The molecule has 0 saturated carbocycles. The lowest BCUT2D eigenvalue weighted by Gasteiger charge is -2.19. The molecule has 68 valence electrons. The van der Waals surface area contributed by atoms with Crippen LogP contribution in [-0.2, 0) is 4.79 Å². The number of hydrogen-bond acceptors (Lipinski definition) is 3. The van der Waals surface area contributed by atoms with Crippen molar-refractivity contribution >= 4 is 6.29 Å². The maximum Gasteiger partial charge on any atom is 0.140 e. The Bertz CT molecular complexity index is 201. The van der Waals surface area contributed by atoms with Crippen molar-refractivity contribution < 1.29 is 9.90 Å². The van der Waals surface area contributed by atoms with Crippen LogP contribution >= 0.6 is 0 Å². The van der Waals surface area contributed by atoms with Crippen LogP contribution in [0.15, 0.2) is 11.8 Å². The fraction of sp³-hybridized carbons (Fsp3) is 0.667. The summed E-state index contributed by atoms with van der Waals surface area (Å²) in [7, 11) is 0. The molecule has 0 fully saturated rings. The van der Waals surface area contributed by atoms with Crippen molar-refractivity contribution in [3.05, 3.63) is 11.8 Å². The first-order valence-corrected chi connectivity index (χ1v) is 4.31. The number of hydrogen-bond donors (Lipinski definition) is 2. The van der Waals surface area contributed by atoms with E-state index in [-0.39, 0.29) is 12.1 Å². The molecule has 3 unspecified atom stereocenters. The minimum atomic E-state index is -0.302. The van der Waals surface area contributed by atoms with Crippen LogP contribution in [0.5, 0.6) is 0 Å². The van der Waals surface area contributed by atoms with E-state index in [4.69, 9.17) is 0 Å². The van der Waals surface area contributed by atoms with Crippen molar-refractivity contribution in [1.82, 2.24) is 5.32 Å². The fourth-order valence-electron chi connectivity index (χ4n) is 1.40. The highest BCUT2D eigenvalue weighted by Gasteiger charge is 2.28. The molecular formula is C9H15NO2. The van der Waals surface area contributed by atoms with Crippen LogP contribution in [0.1, 0.15) is 20.3 Å². The largest absolute Gasteiger partial charge is 0.511 e. The van der Waals surface area contributed by atoms with Gasteiger partial charge in [0.25, 0.3) is 0 Å². The minimum Gasteiger partial charge on any atom is -0.511 e. The van der Waals surface area contributed by atoms with Crippen LogP contribution < -0.4 is 5.32 Å². The van der Waals surface area contributed by atoms with Crippen molar-refractivity contribution in [3.63, 3.8) is 0 Å². The predicted octanol–water partition coefficient (Wildman–Crippen LogP) is 1.01. The Morgan fingerprint density at radius 1 is 1.83 bits per heavy atom. The monoisotopic (exact) mass is 169 g/mol. The van der Waals surface area contributed by atoms with Crippen LogP contribution in [0.2, 0.25) is 0 Å². The molecule has 0 radical (unpaired) electrons. The highest BCUT2D eigenvalue weighted by atomic mass is 16.3. The number of carbonyl (C=O) groups excluding carboxylic acids is 1. The molecule has 0 saturated heterocycles. The van der Waals surface area contributed by atoms with Gasteiger partial charge in [0, 0.05) is 0 Å². The zero-order valence-corrected chi connectivity index (χ0v) is 7.45. The van der Waals surface area contributed by atoms with Crippen LogP contribution in [-0.4, -0.2) is 23.5 Å². The summed E-state index contributed by atoms with van der Waals surface area (Å²) in [6.07, 6.45) is 3.36. The summed E-state index contributed by atoms with van der Waals surface area (Å²) in [6, 6.07) is -0.339. The smallest absolute Gasteiger partial charge is 0.140 e. The second kappa shape index (κ2) is 3.72. The number of nitrogens with one attached hydrogen (secondary N) is 1. The lowest BCUT2D eigenvalue weighted by atomic mass is 9.99. The number of carbonyl (C=O) groups is 1. The van der Waals surface area contributed by atoms with E-state index >= 15 is 0 Å². The Kier molecular flexibility index (Phi) is 2.87. The Morgan fingerprint density at radius 3 is 2.92 bits per heavy atom. The van der Waals surface area contributed by atoms with Gasteiger partial charge >= 0.3 is 0 Å². The third-order valence-corrected chi connectivity index (χ3v) is 2.40. The highest BCUT2D eigenvalue weighted by molar-refractivity contribution is 5.62. The standard InChI is InChI=1S/C9H15NO2/c1-3-6(2)9-8(12)4-7(5-11)10-9/h4-7,9-10,12H,3H2,1-2H3. The molecular weight excluding hydrogens is 154 g/mol. The normalized spacial score (nSPS) is 31.3. The van der Waals surface area contributed by atoms with E-state index in [1.165, 1.54) is 0 Å². The first-order chi connectivity index (χ1) is 5.69. The van der Waals surface area contributed by atoms with E-state index in [2.05, 4.69) is 19.2 Å². The van der Waals surface area contributed by atoms with Gasteiger partial charge in [0.2, 0.25) is 0 Å². The van der Waals surface area contributed by atoms with Crippen molar-refractivity contribution in [1.29, 1.82) is 0 Å². The van der Waals surface area contributed by atoms with Crippen molar-refractivity contribution in [2.45, 2.75) is 32.4 Å². The van der Waals surface area contributed by atoms with Gasteiger partial charge in [-0.15, -0.1) is 0 Å². The van der Waals surface area contributed by atoms with Gasteiger partial charge in [0.15, 0.2) is 0 Å². The van der Waals surface area contributed by atoms with Gasteiger partial charge in [-0.05, 0) is 12.0 Å². The number of aliphatic hydroxyl groups excluding tert-OH is 1. The van der Waals surface area contributed by atoms with Gasteiger partial charge in [-0.2, -0.15) is 0 Å². The van der Waals surface area contributed by atoms with Crippen molar-refractivity contribution in [3.8, 4) is 0 Å². The molecule has 3 heteroatoms. The van der Waals surface area contributed by atoms with Gasteiger partial charge in [0.05, 0.1) is 12.1 Å². The Labute approximate surface area is 72.5 Å². The first kappa shape index (κ1) is 9.26. The summed E-state index contributed by atoms with van der Waals surface area (Å²) in [5.74, 6) is 0.674. The molecule has 0 aromatic heterocycles. The van der Waals surface area contributed by atoms with E-state index < -0.39 is 0 Å². The predicted molar refractivity (Wildman–Crippen MR) is 46.9 cm³/mol. The second-order valence-corrected chi connectivity index (χ2v) is 3.28. The average molecular weight is 169 g/mol. The quantitative estimate of drug-likeness (QED) is 0.620. The van der Waals surface area contributed by atoms with Gasteiger partial charge in [-0.3, -0.25) is 5.32 Å². The molecule has 1 aliphatic rings. The van der Waals surface area contributed by atoms with Crippen LogP contribution in [0.4, 0.5) is 0 Å². The SMILES string of the molecule is CCC(C)C1NC(C=O)C=C1O. The summed E-state index contributed by atoms with van der Waals surface area (Å²) in [6.45, 7) is 4.11. The summed E-state index contributed by atoms with van der Waals surface area (Å²) in [4.78, 5) is 10.4. The maximum atomic E-state index is 10.4. The topological polar surface area (TPSA) is 49.3 Å². The third kappa shape index (κ3) is 1.67. The molecule has 12 heavy (non-hydrogen) atoms. The summed E-state index contributed by atoms with van der Waals surface area (Å²) >= 11 is 0. The van der Waals surface area contributed by atoms with Crippen LogP contribution in [0.25, 0.3) is 0 Å². The molecule has 0 spiro atoms. The summed E-state index contributed by atoms with van der Waals surface area (Å²) < 4.78 is 0. The lowest BCUT2D eigenvalue weighted by molar-refractivity contribution is -0.108. The fourth-order valence-corrected chi connectivity index (χ4v) is 1.40. The molecule has 1 heterocycles. The zero-order valence-electron chi connectivity index (χ0n) is 7.45. The van der Waals surface area contributed by atoms with Gasteiger partial charge in [-0.25, -0.2) is 0 Å². The Morgan fingerprint density at radius 2 is 2.50 bits per heavy atom. The molecule has 1 rings (SSSR count). The van der Waals surface area contributed by atoms with E-state index in [0.717, 1.165) is 12.7 Å². The minimum absolute atomic E-state index is 0.0369. The molecule has 0 aromatic rings. The van der Waals surface area contributed by atoms with Crippen LogP contribution in [0, 0.1) is 5.92 Å².